The van der Waals surface area contributed by atoms with Crippen LogP contribution in [0.5, 0.6) is 0 Å². The van der Waals surface area contributed by atoms with Gasteiger partial charge >= 0.3 is 29.6 Å². The summed E-state index contributed by atoms with van der Waals surface area (Å²) in [5.74, 6) is 0. The summed E-state index contributed by atoms with van der Waals surface area (Å²) in [6, 6.07) is 0. The summed E-state index contributed by atoms with van der Waals surface area (Å²) >= 11 is 0. The molecule has 0 fully saturated rings. The summed E-state index contributed by atoms with van der Waals surface area (Å²) in [7, 11) is -2.97. The average molecular weight is 144 g/mol. The van der Waals surface area contributed by atoms with E-state index in [2.05, 4.69) is 11.1 Å². The third-order valence-corrected chi connectivity index (χ3v) is 0.721. The van der Waals surface area contributed by atoms with Gasteiger partial charge in [-0.05, 0) is 0 Å². The molecule has 0 N–H and O–H groups in total. The Morgan fingerprint density at radius 3 is 2.50 bits per heavy atom. The molecule has 5 heteroatoms. The summed E-state index contributed by atoms with van der Waals surface area (Å²) in [4.78, 5) is 9.56. The molecule has 0 spiro atoms. The van der Waals surface area contributed by atoms with Crippen molar-refractivity contribution in [1.29, 1.82) is 0 Å². The Hall–Kier alpha value is 0.890. The van der Waals surface area contributed by atoms with Crippen molar-refractivity contribution in [3.63, 3.8) is 0 Å². The number of hydrogen-bond donors (Lipinski definition) is 0. The van der Waals surface area contributed by atoms with Crippen molar-refractivity contribution < 1.29 is 43.5 Å². The van der Waals surface area contributed by atoms with E-state index < -0.39 is 8.25 Å². The normalized spacial score (nSPS) is 11.6. The summed E-state index contributed by atoms with van der Waals surface area (Å²) in [6.45, 7) is 3.33. The maximum Gasteiger partial charge on any atom is 1.00 e. The average Bonchev–Trinajstić information content (AvgIpc) is 1.61. The van der Waals surface area contributed by atoms with Gasteiger partial charge in [0.15, 0.2) is 0 Å². The van der Waals surface area contributed by atoms with E-state index in [9.17, 15) is 9.46 Å². The van der Waals surface area contributed by atoms with Gasteiger partial charge in [0.05, 0.1) is 6.61 Å². The largest absolute Gasteiger partial charge is 1.00 e. The van der Waals surface area contributed by atoms with E-state index in [0.29, 0.717) is 0 Å². The molecule has 0 aliphatic rings. The summed E-state index contributed by atoms with van der Waals surface area (Å²) < 4.78 is 13.6. The molecule has 0 rings (SSSR count). The molecule has 8 heavy (non-hydrogen) atoms. The SMILES string of the molecule is C=CCO[PH](=O)[O-].[Na+]. The molecule has 0 radical (unpaired) electrons. The number of rotatable bonds is 3. The minimum absolute atomic E-state index is 0. The smallest absolute Gasteiger partial charge is 0.781 e. The van der Waals surface area contributed by atoms with Crippen LogP contribution in [0.2, 0.25) is 0 Å². The minimum atomic E-state index is -2.97. The standard InChI is InChI=1S/C3H7O3P.Na/c1-2-3-6-7(4)5;/h2,7H,1,3H2,(H,4,5);/q;+1/p-1. The van der Waals surface area contributed by atoms with Gasteiger partial charge in [-0.1, -0.05) is 6.08 Å². The second-order valence-corrected chi connectivity index (χ2v) is 1.64. The molecule has 1 atom stereocenters. The van der Waals surface area contributed by atoms with Gasteiger partial charge < -0.3 is 14.0 Å². The fourth-order valence-electron chi connectivity index (χ4n) is 0.127. The quantitative estimate of drug-likeness (QED) is 0.240. The Bertz CT molecular complexity index is 84.6. The van der Waals surface area contributed by atoms with Crippen LogP contribution in [0.4, 0.5) is 0 Å². The van der Waals surface area contributed by atoms with E-state index in [-0.39, 0.29) is 36.2 Å². The predicted molar refractivity (Wildman–Crippen MR) is 25.2 cm³/mol. The van der Waals surface area contributed by atoms with Crippen LogP contribution < -0.4 is 34.5 Å². The number of hydrogen-bond acceptors (Lipinski definition) is 3. The van der Waals surface area contributed by atoms with Crippen molar-refractivity contribution in [2.24, 2.45) is 0 Å². The topological polar surface area (TPSA) is 49.4 Å². The van der Waals surface area contributed by atoms with Crippen molar-refractivity contribution in [2.75, 3.05) is 6.61 Å². The fraction of sp³-hybridized carbons (Fsp3) is 0.333. The molecule has 0 aromatic carbocycles. The Balaban J connectivity index is 0. The molecule has 0 aliphatic heterocycles. The Morgan fingerprint density at radius 2 is 2.38 bits per heavy atom. The van der Waals surface area contributed by atoms with Crippen molar-refractivity contribution in [3.05, 3.63) is 12.7 Å². The third-order valence-electron chi connectivity index (χ3n) is 0.319. The van der Waals surface area contributed by atoms with Gasteiger partial charge in [-0.2, -0.15) is 0 Å². The zero-order valence-corrected chi connectivity index (χ0v) is 7.72. The van der Waals surface area contributed by atoms with Crippen LogP contribution in [-0.4, -0.2) is 6.61 Å². The molecule has 0 saturated heterocycles. The van der Waals surface area contributed by atoms with Gasteiger partial charge in [0.25, 0.3) is 0 Å². The van der Waals surface area contributed by atoms with E-state index >= 15 is 0 Å². The third kappa shape index (κ3) is 10.00. The molecule has 0 saturated carbocycles. The first kappa shape index (κ1) is 11.7. The maximum absolute atomic E-state index is 9.56. The molecule has 42 valence electrons. The molecular formula is C3H6NaO3P. The summed E-state index contributed by atoms with van der Waals surface area (Å²) in [5.41, 5.74) is 0. The molecule has 0 amide bonds. The summed E-state index contributed by atoms with van der Waals surface area (Å²) in [5, 5.41) is 0. The van der Waals surface area contributed by atoms with Crippen LogP contribution in [-0.2, 0) is 9.09 Å². The fourth-order valence-corrected chi connectivity index (χ4v) is 0.381. The maximum atomic E-state index is 9.56. The summed E-state index contributed by atoms with van der Waals surface area (Å²) in [6.07, 6.45) is 1.38. The molecule has 0 aromatic rings. The monoisotopic (exact) mass is 144 g/mol. The van der Waals surface area contributed by atoms with Crippen molar-refractivity contribution in [1.82, 2.24) is 0 Å². The molecular weight excluding hydrogens is 138 g/mol. The van der Waals surface area contributed by atoms with E-state index in [1.807, 2.05) is 0 Å². The molecule has 0 aromatic heterocycles. The van der Waals surface area contributed by atoms with Gasteiger partial charge in [-0.3, -0.25) is 0 Å². The van der Waals surface area contributed by atoms with E-state index in [4.69, 9.17) is 0 Å². The van der Waals surface area contributed by atoms with Crippen LogP contribution in [0.3, 0.4) is 0 Å². The Labute approximate surface area is 71.0 Å². The van der Waals surface area contributed by atoms with Crippen LogP contribution >= 0.6 is 8.25 Å². The van der Waals surface area contributed by atoms with Gasteiger partial charge in [-0.25, -0.2) is 0 Å². The zero-order chi connectivity index (χ0) is 5.70. The first-order valence-corrected chi connectivity index (χ1v) is 2.94. The molecule has 0 bridgehead atoms. The molecule has 1 unspecified atom stereocenters. The first-order valence-electron chi connectivity index (χ1n) is 1.72. The van der Waals surface area contributed by atoms with Gasteiger partial charge in [0.1, 0.15) is 8.25 Å². The van der Waals surface area contributed by atoms with Crippen molar-refractivity contribution in [2.45, 2.75) is 0 Å². The Kier molecular flexibility index (Phi) is 11.5. The first-order chi connectivity index (χ1) is 3.27. The molecule has 3 nitrogen and oxygen atoms in total. The zero-order valence-electron chi connectivity index (χ0n) is 4.72. The van der Waals surface area contributed by atoms with Crippen LogP contribution in [0.15, 0.2) is 12.7 Å². The van der Waals surface area contributed by atoms with Gasteiger partial charge in [0, 0.05) is 0 Å². The van der Waals surface area contributed by atoms with Crippen LogP contribution in [0.25, 0.3) is 0 Å². The van der Waals surface area contributed by atoms with E-state index in [1.165, 1.54) is 6.08 Å². The van der Waals surface area contributed by atoms with Crippen LogP contribution in [0, 0.1) is 0 Å². The van der Waals surface area contributed by atoms with E-state index in [0.717, 1.165) is 0 Å². The second-order valence-electron chi connectivity index (χ2n) is 0.850. The predicted octanol–water partition coefficient (Wildman–Crippen LogP) is -3.06. The molecule has 0 aliphatic carbocycles. The van der Waals surface area contributed by atoms with E-state index in [1.54, 1.807) is 0 Å². The van der Waals surface area contributed by atoms with Crippen molar-refractivity contribution in [3.8, 4) is 0 Å². The van der Waals surface area contributed by atoms with Crippen molar-refractivity contribution >= 4 is 8.25 Å². The van der Waals surface area contributed by atoms with Crippen LogP contribution in [0.1, 0.15) is 0 Å². The Morgan fingerprint density at radius 1 is 1.88 bits per heavy atom. The minimum Gasteiger partial charge on any atom is -0.781 e. The van der Waals surface area contributed by atoms with Gasteiger partial charge in [0.2, 0.25) is 0 Å². The molecule has 0 heterocycles. The second kappa shape index (κ2) is 7.89. The van der Waals surface area contributed by atoms with Gasteiger partial charge in [-0.15, -0.1) is 6.58 Å².